The molecule has 0 radical (unpaired) electrons. The normalized spacial score (nSPS) is 12.5. The Morgan fingerprint density at radius 3 is 2.18 bits per heavy atom. The van der Waals surface area contributed by atoms with Crippen LogP contribution in [0.4, 0.5) is 27.8 Å². The number of fused-ring (bicyclic) bond motifs is 1. The molecule has 0 saturated carbocycles. The van der Waals surface area contributed by atoms with Crippen LogP contribution in [0.3, 0.4) is 0 Å². The third-order valence-electron chi connectivity index (χ3n) is 5.97. The summed E-state index contributed by atoms with van der Waals surface area (Å²) in [6.07, 6.45) is 1.41. The quantitative estimate of drug-likeness (QED) is 0.100. The van der Waals surface area contributed by atoms with Gasteiger partial charge in [0, 0.05) is 11.8 Å². The molecule has 0 aliphatic rings. The van der Waals surface area contributed by atoms with Crippen molar-refractivity contribution in [1.82, 2.24) is 15.0 Å². The number of azo groups is 1. The number of hydrogen-bond acceptors (Lipinski definition) is 15. The Morgan fingerprint density at radius 2 is 1.56 bits per heavy atom. The molecule has 6 N–H and O–H groups in total. The first-order chi connectivity index (χ1) is 21.0. The lowest BCUT2D eigenvalue weighted by Gasteiger charge is -2.13. The molecule has 3 aromatic carbocycles. The van der Waals surface area contributed by atoms with E-state index in [4.69, 9.17) is 11.5 Å². The third kappa shape index (κ3) is 8.09. The molecule has 4 aromatic rings. The number of rotatable bonds is 11. The number of benzene rings is 3. The van der Waals surface area contributed by atoms with Crippen LogP contribution in [0.15, 0.2) is 68.8 Å². The first-order valence-corrected chi connectivity index (χ1v) is 16.7. The average Bonchev–Trinajstić information content (AvgIpc) is 2.94. The van der Waals surface area contributed by atoms with Crippen LogP contribution in [0.25, 0.3) is 10.8 Å². The van der Waals surface area contributed by atoms with Gasteiger partial charge in [0.05, 0.1) is 19.9 Å². The van der Waals surface area contributed by atoms with E-state index in [-0.39, 0.29) is 40.1 Å². The van der Waals surface area contributed by atoms with Gasteiger partial charge in [0.2, 0.25) is 5.95 Å². The van der Waals surface area contributed by atoms with E-state index in [1.807, 2.05) is 0 Å². The molecule has 0 aliphatic heterocycles. The van der Waals surface area contributed by atoms with Gasteiger partial charge in [-0.05, 0) is 52.9 Å². The Balaban J connectivity index is 1.90. The Morgan fingerprint density at radius 1 is 0.889 bits per heavy atom. The zero-order valence-electron chi connectivity index (χ0n) is 23.3. The summed E-state index contributed by atoms with van der Waals surface area (Å²) in [6.45, 7) is 0. The molecule has 1 aromatic heterocycles. The summed E-state index contributed by atoms with van der Waals surface area (Å²) in [5.74, 6) is -0.641. The number of carbonyl (C=O) groups excluding carboxylic acids is 1. The van der Waals surface area contributed by atoms with Gasteiger partial charge in [0.25, 0.3) is 30.4 Å². The van der Waals surface area contributed by atoms with Gasteiger partial charge < -0.3 is 16.8 Å². The van der Waals surface area contributed by atoms with E-state index < -0.39 is 57.6 Å². The number of nitrogen functional groups attached to an aromatic ring is 1. The molecule has 238 valence electrons. The minimum Gasteiger partial charge on any atom is -0.368 e. The molecular weight excluding hydrogens is 657 g/mol. The van der Waals surface area contributed by atoms with Crippen LogP contribution in [0.1, 0.15) is 17.0 Å². The van der Waals surface area contributed by atoms with Crippen molar-refractivity contribution in [3.63, 3.8) is 0 Å². The van der Waals surface area contributed by atoms with E-state index in [9.17, 15) is 34.6 Å². The molecule has 0 atom stereocenters. The molecular formula is C24H24N8O10S3. The monoisotopic (exact) mass is 680 g/mol. The second kappa shape index (κ2) is 12.7. The van der Waals surface area contributed by atoms with Gasteiger partial charge >= 0.3 is 6.03 Å². The van der Waals surface area contributed by atoms with Crippen molar-refractivity contribution in [2.45, 2.75) is 22.0 Å². The van der Waals surface area contributed by atoms with E-state index >= 15 is 0 Å². The number of anilines is 2. The summed E-state index contributed by atoms with van der Waals surface area (Å²) < 4.78 is 92.9. The van der Waals surface area contributed by atoms with Gasteiger partial charge in [-0.15, -0.1) is 10.2 Å². The molecule has 1 heterocycles. The van der Waals surface area contributed by atoms with Gasteiger partial charge in [-0.2, -0.15) is 30.2 Å². The summed E-state index contributed by atoms with van der Waals surface area (Å²) in [6, 6.07) is 7.75. The zero-order chi connectivity index (χ0) is 33.2. The highest BCUT2D eigenvalue weighted by Crippen LogP contribution is 2.37. The van der Waals surface area contributed by atoms with E-state index in [2.05, 4.69) is 38.9 Å². The molecule has 0 aliphatic carbocycles. The molecule has 45 heavy (non-hydrogen) atoms. The van der Waals surface area contributed by atoms with Gasteiger partial charge in [0.15, 0.2) is 0 Å². The Labute approximate surface area is 256 Å². The first-order valence-electron chi connectivity index (χ1n) is 12.2. The molecule has 4 rings (SSSR count). The molecule has 18 nitrogen and oxygen atoms in total. The van der Waals surface area contributed by atoms with Crippen LogP contribution in [0.5, 0.6) is 0 Å². The van der Waals surface area contributed by atoms with Crippen LogP contribution >= 0.6 is 0 Å². The van der Waals surface area contributed by atoms with E-state index in [0.717, 1.165) is 32.4 Å². The lowest BCUT2D eigenvalue weighted by molar-refractivity contribution is 0.259. The number of primary amides is 1. The minimum atomic E-state index is -4.61. The maximum absolute atomic E-state index is 12.9. The predicted octanol–water partition coefficient (Wildman–Crippen LogP) is 2.16. The van der Waals surface area contributed by atoms with Crippen molar-refractivity contribution < 1.29 is 43.0 Å². The van der Waals surface area contributed by atoms with Crippen LogP contribution in [-0.2, 0) is 50.9 Å². The highest BCUT2D eigenvalue weighted by molar-refractivity contribution is 7.87. The third-order valence-corrected chi connectivity index (χ3v) is 9.29. The first kappa shape index (κ1) is 33.2. The number of urea groups is 1. The predicted molar refractivity (Wildman–Crippen MR) is 158 cm³/mol. The maximum Gasteiger partial charge on any atom is 0.316 e. The summed E-state index contributed by atoms with van der Waals surface area (Å²) in [4.78, 5) is 22.4. The number of nitrogens with zero attached hydrogens (tertiary/aromatic N) is 5. The van der Waals surface area contributed by atoms with Gasteiger partial charge in [0.1, 0.15) is 39.1 Å². The number of carbonyl (C=O) groups is 1. The molecule has 21 heteroatoms. The molecule has 0 bridgehead atoms. The van der Waals surface area contributed by atoms with Crippen LogP contribution in [0.2, 0.25) is 0 Å². The van der Waals surface area contributed by atoms with Crippen LogP contribution < -0.4 is 16.8 Å². The minimum absolute atomic E-state index is 0.00853. The summed E-state index contributed by atoms with van der Waals surface area (Å²) in [5, 5.41) is 10.3. The standard InChI is InChI=1S/C24H24N8O10S3/c1-41-44(37,38)20-7-14(11-43(34,35)36)5-15-9-21(45(39,40)42-2)19(10-16(15)20)32-31-17-4-3-13(6-18(17)29-24(26)33)8-22-27-12-28-23(25)30-22/h3-7,9-10,12H,8,11H2,1-2H3,(H3,26,29,33)(H,34,35,36)(H2,25,27,28,30). The highest BCUT2D eigenvalue weighted by atomic mass is 32.2. The fraction of sp³-hybridized carbons (Fsp3) is 0.167. The Bertz CT molecular complexity index is 2170. The van der Waals surface area contributed by atoms with Crippen LogP contribution in [0, 0.1) is 0 Å². The number of amides is 2. The smallest absolute Gasteiger partial charge is 0.316 e. The molecule has 0 fully saturated rings. The summed E-state index contributed by atoms with van der Waals surface area (Å²) in [5.41, 5.74) is 11.0. The molecule has 2 amide bonds. The summed E-state index contributed by atoms with van der Waals surface area (Å²) in [7, 11) is -11.9. The van der Waals surface area contributed by atoms with Crippen LogP contribution in [-0.4, -0.2) is 65.0 Å². The molecule has 0 unspecified atom stereocenters. The van der Waals surface area contributed by atoms with Gasteiger partial charge in [-0.3, -0.25) is 12.9 Å². The number of hydrogen-bond donors (Lipinski definition) is 4. The van der Waals surface area contributed by atoms with Crippen molar-refractivity contribution in [3.05, 3.63) is 65.7 Å². The highest BCUT2D eigenvalue weighted by Gasteiger charge is 2.25. The van der Waals surface area contributed by atoms with Crippen molar-refractivity contribution in [1.29, 1.82) is 0 Å². The lowest BCUT2D eigenvalue weighted by atomic mass is 10.1. The number of nitrogens with two attached hydrogens (primary N) is 2. The van der Waals surface area contributed by atoms with Crippen molar-refractivity contribution in [2.24, 2.45) is 16.0 Å². The Hall–Kier alpha value is -4.67. The second-order valence-electron chi connectivity index (χ2n) is 9.08. The van der Waals surface area contributed by atoms with Crippen molar-refractivity contribution in [2.75, 3.05) is 25.3 Å². The second-order valence-corrected chi connectivity index (χ2v) is 13.9. The lowest BCUT2D eigenvalue weighted by Crippen LogP contribution is -2.19. The average molecular weight is 681 g/mol. The largest absolute Gasteiger partial charge is 0.368 e. The molecule has 0 spiro atoms. The van der Waals surface area contributed by atoms with E-state index in [0.29, 0.717) is 11.4 Å². The number of aromatic nitrogens is 3. The molecule has 0 saturated heterocycles. The fourth-order valence-corrected chi connectivity index (χ4v) is 6.41. The van der Waals surface area contributed by atoms with E-state index in [1.54, 1.807) is 6.07 Å². The fourth-order valence-electron chi connectivity index (χ4n) is 4.10. The summed E-state index contributed by atoms with van der Waals surface area (Å²) >= 11 is 0. The number of nitrogens with one attached hydrogen (secondary N) is 1. The van der Waals surface area contributed by atoms with Gasteiger partial charge in [-0.1, -0.05) is 6.07 Å². The topological polar surface area (TPSA) is 286 Å². The van der Waals surface area contributed by atoms with E-state index in [1.165, 1.54) is 24.5 Å². The maximum atomic E-state index is 12.9. The zero-order valence-corrected chi connectivity index (χ0v) is 25.7. The van der Waals surface area contributed by atoms with Crippen molar-refractivity contribution >= 4 is 70.2 Å². The van der Waals surface area contributed by atoms with Crippen molar-refractivity contribution in [3.8, 4) is 0 Å². The van der Waals surface area contributed by atoms with Gasteiger partial charge in [-0.25, -0.2) is 14.8 Å². The SMILES string of the molecule is COS(=O)(=O)c1cc2cc(CS(=O)(=O)O)cc(S(=O)(=O)OC)c2cc1N=Nc1ccc(Cc2ncnc(N)n2)cc1NC(N)=O. The Kier molecular flexibility index (Phi) is 9.41.